The van der Waals surface area contributed by atoms with Crippen LogP contribution < -0.4 is 4.74 Å². The molecule has 2 aromatic rings. The minimum absolute atomic E-state index is 0.0891. The lowest BCUT2D eigenvalue weighted by atomic mass is 10.0. The van der Waals surface area contributed by atoms with Crippen LogP contribution in [0.2, 0.25) is 6.04 Å². The third kappa shape index (κ3) is 10.1. The Hall–Kier alpha value is -2.19. The fraction of sp³-hybridized carbons (Fsp3) is 0.536. The van der Waals surface area contributed by atoms with Crippen LogP contribution in [-0.2, 0) is 13.3 Å². The zero-order valence-electron chi connectivity index (χ0n) is 21.6. The van der Waals surface area contributed by atoms with Crippen LogP contribution in [0.4, 0.5) is 0 Å². The molecule has 1 N–H and O–H groups in total. The largest absolute Gasteiger partial charge is 0.507 e. The number of rotatable bonds is 19. The zero-order chi connectivity index (χ0) is 25.4. The van der Waals surface area contributed by atoms with Gasteiger partial charge in [0.05, 0.1) is 12.2 Å². The van der Waals surface area contributed by atoms with E-state index in [1.54, 1.807) is 36.4 Å². The molecule has 194 valence electrons. The monoisotopic (exact) mass is 502 g/mol. The summed E-state index contributed by atoms with van der Waals surface area (Å²) in [6.07, 6.45) is 6.83. The first-order chi connectivity index (χ1) is 17.0. The summed E-state index contributed by atoms with van der Waals surface area (Å²) in [6.45, 7) is 8.80. The molecule has 0 amide bonds. The van der Waals surface area contributed by atoms with Crippen LogP contribution in [0.5, 0.6) is 11.5 Å². The number of ketones is 1. The van der Waals surface area contributed by atoms with Crippen molar-refractivity contribution in [1.82, 2.24) is 0 Å². The van der Waals surface area contributed by atoms with Crippen molar-refractivity contribution >= 4 is 14.6 Å². The number of hydrogen-bond donors (Lipinski definition) is 1. The highest BCUT2D eigenvalue weighted by Gasteiger charge is 2.40. The van der Waals surface area contributed by atoms with Gasteiger partial charge >= 0.3 is 8.80 Å². The maximum Gasteiger partial charge on any atom is 0.501 e. The molecule has 0 atom stereocenters. The third-order valence-corrected chi connectivity index (χ3v) is 8.50. The van der Waals surface area contributed by atoms with Crippen LogP contribution in [0.25, 0.3) is 0 Å². The van der Waals surface area contributed by atoms with Gasteiger partial charge in [0.15, 0.2) is 5.78 Å². The Kier molecular flexibility index (Phi) is 13.7. The van der Waals surface area contributed by atoms with Crippen LogP contribution in [0.3, 0.4) is 0 Å². The van der Waals surface area contributed by atoms with Gasteiger partial charge in [0, 0.05) is 37.5 Å². The van der Waals surface area contributed by atoms with Crippen LogP contribution in [0.15, 0.2) is 48.5 Å². The van der Waals surface area contributed by atoms with Gasteiger partial charge in [0.25, 0.3) is 0 Å². The molecule has 35 heavy (non-hydrogen) atoms. The summed E-state index contributed by atoms with van der Waals surface area (Å²) in [6, 6.07) is 14.4. The molecule has 0 aliphatic rings. The molecule has 0 unspecified atom stereocenters. The van der Waals surface area contributed by atoms with Gasteiger partial charge in [0.2, 0.25) is 0 Å². The molecule has 0 spiro atoms. The molecule has 0 saturated heterocycles. The molecule has 0 fully saturated rings. The van der Waals surface area contributed by atoms with Crippen molar-refractivity contribution in [2.24, 2.45) is 0 Å². The van der Waals surface area contributed by atoms with E-state index in [4.69, 9.17) is 18.0 Å². The van der Waals surface area contributed by atoms with Crippen molar-refractivity contribution in [2.45, 2.75) is 71.8 Å². The minimum Gasteiger partial charge on any atom is -0.507 e. The van der Waals surface area contributed by atoms with E-state index < -0.39 is 8.80 Å². The number of unbranched alkanes of at least 4 members (excludes halogenated alkanes) is 3. The summed E-state index contributed by atoms with van der Waals surface area (Å²) >= 11 is 0. The van der Waals surface area contributed by atoms with Gasteiger partial charge in [-0.1, -0.05) is 70.4 Å². The van der Waals surface area contributed by atoms with E-state index >= 15 is 0 Å². The third-order valence-electron chi connectivity index (χ3n) is 5.61. The summed E-state index contributed by atoms with van der Waals surface area (Å²) in [7, 11) is -2.79. The Balaban J connectivity index is 1.97. The van der Waals surface area contributed by atoms with Crippen molar-refractivity contribution in [3.8, 4) is 11.5 Å². The number of aromatic hydroxyl groups is 1. The maximum atomic E-state index is 12.6. The Morgan fingerprint density at radius 2 is 1.34 bits per heavy atom. The van der Waals surface area contributed by atoms with Gasteiger partial charge in [-0.15, -0.1) is 0 Å². The minimum atomic E-state index is -2.79. The standard InChI is InChI=1S/C28H42O6Si/c1-4-7-19-32-35(33-20-8-5-2,34-21-9-6-3)22-13-18-31-25-16-17-26(27(29)23-25)28(30)24-14-11-10-12-15-24/h10-12,14-17,23,29H,4-9,13,18-22H2,1-3H3. The molecule has 0 aliphatic carbocycles. The fourth-order valence-electron chi connectivity index (χ4n) is 3.47. The van der Waals surface area contributed by atoms with E-state index in [9.17, 15) is 9.90 Å². The topological polar surface area (TPSA) is 74.2 Å². The van der Waals surface area contributed by atoms with E-state index in [0.29, 0.717) is 50.2 Å². The van der Waals surface area contributed by atoms with E-state index in [-0.39, 0.29) is 17.1 Å². The van der Waals surface area contributed by atoms with Crippen molar-refractivity contribution in [3.63, 3.8) is 0 Å². The van der Waals surface area contributed by atoms with Crippen LogP contribution in [0, 0.1) is 0 Å². The molecule has 2 rings (SSSR count). The average Bonchev–Trinajstić information content (AvgIpc) is 2.87. The number of benzene rings is 2. The van der Waals surface area contributed by atoms with E-state index in [1.165, 1.54) is 6.07 Å². The summed E-state index contributed by atoms with van der Waals surface area (Å²) in [5, 5.41) is 10.4. The molecule has 7 heteroatoms. The number of ether oxygens (including phenoxy) is 1. The van der Waals surface area contributed by atoms with Crippen LogP contribution >= 0.6 is 0 Å². The van der Waals surface area contributed by atoms with Crippen LogP contribution in [0.1, 0.15) is 81.6 Å². The first-order valence-corrected chi connectivity index (χ1v) is 15.0. The first-order valence-electron chi connectivity index (χ1n) is 13.0. The predicted molar refractivity (Wildman–Crippen MR) is 141 cm³/mol. The van der Waals surface area contributed by atoms with Crippen molar-refractivity contribution in [2.75, 3.05) is 26.4 Å². The van der Waals surface area contributed by atoms with Gasteiger partial charge in [-0.3, -0.25) is 4.79 Å². The second-order valence-electron chi connectivity index (χ2n) is 8.62. The van der Waals surface area contributed by atoms with Gasteiger partial charge in [-0.25, -0.2) is 0 Å². The number of phenols is 1. The lowest BCUT2D eigenvalue weighted by Gasteiger charge is -2.30. The normalized spacial score (nSPS) is 11.5. The summed E-state index contributed by atoms with van der Waals surface area (Å²) in [5.74, 6) is 0.210. The highest BCUT2D eigenvalue weighted by Crippen LogP contribution is 2.27. The second kappa shape index (κ2) is 16.5. The SMILES string of the molecule is CCCCO[Si](CCCOc1ccc(C(=O)c2ccccc2)c(O)c1)(OCCCC)OCCCC. The number of phenolic OH excluding ortho intramolecular Hbond substituents is 1. The molecule has 0 radical (unpaired) electrons. The Morgan fingerprint density at radius 3 is 1.86 bits per heavy atom. The summed E-state index contributed by atoms with van der Waals surface area (Å²) < 4.78 is 24.7. The first kappa shape index (κ1) is 29.0. The van der Waals surface area contributed by atoms with E-state index in [1.807, 2.05) is 6.07 Å². The lowest BCUT2D eigenvalue weighted by molar-refractivity contribution is 0.0548. The molecule has 2 aromatic carbocycles. The Bertz CT molecular complexity index is 831. The molecule has 0 aliphatic heterocycles. The zero-order valence-corrected chi connectivity index (χ0v) is 22.6. The van der Waals surface area contributed by atoms with Gasteiger partial charge in [-0.05, 0) is 37.8 Å². The smallest absolute Gasteiger partial charge is 0.501 e. The molecule has 0 bridgehead atoms. The summed E-state index contributed by atoms with van der Waals surface area (Å²) in [5.41, 5.74) is 0.792. The fourth-order valence-corrected chi connectivity index (χ4v) is 6.10. The van der Waals surface area contributed by atoms with Crippen molar-refractivity contribution in [1.29, 1.82) is 0 Å². The maximum absolute atomic E-state index is 12.6. The Morgan fingerprint density at radius 1 is 0.771 bits per heavy atom. The molecule has 6 nitrogen and oxygen atoms in total. The van der Waals surface area contributed by atoms with Crippen LogP contribution in [-0.4, -0.2) is 46.1 Å². The average molecular weight is 503 g/mol. The quantitative estimate of drug-likeness (QED) is 0.130. The van der Waals surface area contributed by atoms with Gasteiger partial charge in [-0.2, -0.15) is 0 Å². The van der Waals surface area contributed by atoms with E-state index in [0.717, 1.165) is 38.5 Å². The number of carbonyl (C=O) groups is 1. The molecule has 0 aromatic heterocycles. The molecular weight excluding hydrogens is 460 g/mol. The second-order valence-corrected chi connectivity index (χ2v) is 11.3. The number of hydrogen-bond acceptors (Lipinski definition) is 6. The lowest BCUT2D eigenvalue weighted by Crippen LogP contribution is -2.47. The highest BCUT2D eigenvalue weighted by atomic mass is 28.4. The summed E-state index contributed by atoms with van der Waals surface area (Å²) in [4.78, 5) is 12.6. The van der Waals surface area contributed by atoms with Gasteiger partial charge < -0.3 is 23.1 Å². The van der Waals surface area contributed by atoms with Crippen molar-refractivity contribution < 1.29 is 27.9 Å². The number of carbonyl (C=O) groups excluding carboxylic acids is 1. The van der Waals surface area contributed by atoms with Gasteiger partial charge in [0.1, 0.15) is 11.5 Å². The molecule has 0 heterocycles. The van der Waals surface area contributed by atoms with E-state index in [2.05, 4.69) is 20.8 Å². The Labute approximate surface area is 211 Å². The molecule has 0 saturated carbocycles. The van der Waals surface area contributed by atoms with Crippen molar-refractivity contribution in [3.05, 3.63) is 59.7 Å². The predicted octanol–water partition coefficient (Wildman–Crippen LogP) is 6.78. The highest BCUT2D eigenvalue weighted by molar-refractivity contribution is 6.60. The molecular formula is C28H42O6Si.